The molecule has 1 aromatic heterocycles. The molecule has 45 heavy (non-hydrogen) atoms. The zero-order valence-electron chi connectivity index (χ0n) is 24.7. The van der Waals surface area contributed by atoms with E-state index >= 15 is 0 Å². The minimum absolute atomic E-state index is 0.226. The number of hydrogen-bond acceptors (Lipinski definition) is 6. The van der Waals surface area contributed by atoms with Crippen LogP contribution in [0.15, 0.2) is 124 Å². The number of fused-ring (bicyclic) bond motifs is 1. The van der Waals surface area contributed by atoms with Gasteiger partial charge in [0.15, 0.2) is 4.80 Å². The molecule has 9 heteroatoms. The molecular formula is C36H30ClN3O4S. The van der Waals surface area contributed by atoms with E-state index in [0.717, 1.165) is 16.7 Å². The van der Waals surface area contributed by atoms with Crippen molar-refractivity contribution in [2.75, 3.05) is 11.9 Å². The first-order valence-electron chi connectivity index (χ1n) is 14.5. The van der Waals surface area contributed by atoms with E-state index in [-0.39, 0.29) is 11.5 Å². The molecule has 0 saturated heterocycles. The number of rotatable bonds is 9. The fourth-order valence-electron chi connectivity index (χ4n) is 5.17. The van der Waals surface area contributed by atoms with Crippen LogP contribution >= 0.6 is 22.9 Å². The minimum Gasteiger partial charge on any atom is -0.494 e. The Morgan fingerprint density at radius 3 is 2.38 bits per heavy atom. The number of hydrogen-bond donors (Lipinski definition) is 1. The standard InChI is InChI=1S/C36H30ClN3O4S/c1-3-43-29-18-14-26(15-19-29)33-32(34(41)39-28-10-5-4-6-11-28)23(2)38-36-40(33)35(42)31(45-36)21-24-12-16-30(17-13-24)44-22-25-8-7-9-27(37)20-25/h4-21,33H,3,22H2,1-2H3,(H,39,41)/b31-21-/t33-/m1/s1. The average Bonchev–Trinajstić information content (AvgIpc) is 3.34. The molecule has 226 valence electrons. The van der Waals surface area contributed by atoms with Crippen molar-refractivity contribution >= 4 is 40.6 Å². The summed E-state index contributed by atoms with van der Waals surface area (Å²) in [7, 11) is 0. The summed E-state index contributed by atoms with van der Waals surface area (Å²) in [5, 5.41) is 3.64. The van der Waals surface area contributed by atoms with Crippen LogP contribution in [-0.2, 0) is 11.4 Å². The fourth-order valence-corrected chi connectivity index (χ4v) is 6.42. The topological polar surface area (TPSA) is 81.9 Å². The van der Waals surface area contributed by atoms with Gasteiger partial charge in [-0.05, 0) is 85.1 Å². The van der Waals surface area contributed by atoms with Crippen LogP contribution in [0.3, 0.4) is 0 Å². The van der Waals surface area contributed by atoms with Crippen LogP contribution in [0.25, 0.3) is 6.08 Å². The lowest BCUT2D eigenvalue weighted by molar-refractivity contribution is -0.113. The molecule has 0 spiro atoms. The normalized spacial score (nSPS) is 14.5. The first-order chi connectivity index (χ1) is 21.9. The Kier molecular flexibility index (Phi) is 8.96. The largest absolute Gasteiger partial charge is 0.494 e. The lowest BCUT2D eigenvalue weighted by atomic mass is 9.95. The second kappa shape index (κ2) is 13.4. The first-order valence-corrected chi connectivity index (χ1v) is 15.7. The van der Waals surface area contributed by atoms with Crippen molar-refractivity contribution in [3.63, 3.8) is 0 Å². The van der Waals surface area contributed by atoms with Gasteiger partial charge in [-0.25, -0.2) is 4.99 Å². The summed E-state index contributed by atoms with van der Waals surface area (Å²) in [5.74, 6) is 1.10. The van der Waals surface area contributed by atoms with E-state index in [2.05, 4.69) is 5.32 Å². The van der Waals surface area contributed by atoms with Crippen molar-refractivity contribution in [2.45, 2.75) is 26.5 Å². The molecular weight excluding hydrogens is 606 g/mol. The number of para-hydroxylation sites is 1. The van der Waals surface area contributed by atoms with E-state index < -0.39 is 6.04 Å². The Morgan fingerprint density at radius 2 is 1.67 bits per heavy atom. The summed E-state index contributed by atoms with van der Waals surface area (Å²) in [4.78, 5) is 33.0. The van der Waals surface area contributed by atoms with Gasteiger partial charge in [-0.1, -0.05) is 77.5 Å². The van der Waals surface area contributed by atoms with Crippen molar-refractivity contribution in [2.24, 2.45) is 4.99 Å². The predicted octanol–water partition coefficient (Wildman–Crippen LogP) is 6.51. The molecule has 0 saturated carbocycles. The van der Waals surface area contributed by atoms with Gasteiger partial charge in [0.05, 0.1) is 28.5 Å². The molecule has 6 rings (SSSR count). The molecule has 1 atom stereocenters. The number of allylic oxidation sites excluding steroid dienone is 1. The fraction of sp³-hybridized carbons (Fsp3) is 0.139. The van der Waals surface area contributed by atoms with Crippen molar-refractivity contribution in [3.8, 4) is 11.5 Å². The first kappa shape index (κ1) is 30.1. The number of carbonyl (C=O) groups excluding carboxylic acids is 1. The maximum atomic E-state index is 14.0. The van der Waals surface area contributed by atoms with E-state index in [1.54, 1.807) is 11.5 Å². The Hall–Kier alpha value is -4.92. The zero-order valence-corrected chi connectivity index (χ0v) is 26.3. The van der Waals surface area contributed by atoms with E-state index in [1.807, 2.05) is 116 Å². The number of thiazole rings is 1. The van der Waals surface area contributed by atoms with Gasteiger partial charge >= 0.3 is 0 Å². The van der Waals surface area contributed by atoms with Gasteiger partial charge in [0.2, 0.25) is 0 Å². The Labute approximate surface area is 269 Å². The highest BCUT2D eigenvalue weighted by atomic mass is 35.5. The Balaban J connectivity index is 1.34. The molecule has 1 N–H and O–H groups in total. The van der Waals surface area contributed by atoms with Crippen LogP contribution in [-0.4, -0.2) is 17.1 Å². The minimum atomic E-state index is -0.676. The molecule has 2 heterocycles. The van der Waals surface area contributed by atoms with Crippen molar-refractivity contribution in [1.29, 1.82) is 0 Å². The van der Waals surface area contributed by atoms with Gasteiger partial charge in [-0.2, -0.15) is 0 Å². The van der Waals surface area contributed by atoms with Crippen LogP contribution in [0.1, 0.15) is 36.6 Å². The molecule has 4 aromatic carbocycles. The second-order valence-electron chi connectivity index (χ2n) is 10.4. The number of amides is 1. The smallest absolute Gasteiger partial charge is 0.271 e. The van der Waals surface area contributed by atoms with Crippen LogP contribution < -0.4 is 29.7 Å². The van der Waals surface area contributed by atoms with E-state index in [0.29, 0.717) is 56.0 Å². The number of halogens is 1. The Morgan fingerprint density at radius 1 is 0.956 bits per heavy atom. The number of nitrogens with zero attached hydrogens (tertiary/aromatic N) is 2. The van der Waals surface area contributed by atoms with Gasteiger partial charge < -0.3 is 14.8 Å². The van der Waals surface area contributed by atoms with E-state index in [4.69, 9.17) is 26.1 Å². The number of aromatic nitrogens is 1. The summed E-state index contributed by atoms with van der Waals surface area (Å²) in [6.45, 7) is 4.66. The molecule has 0 aliphatic carbocycles. The maximum Gasteiger partial charge on any atom is 0.271 e. The molecule has 7 nitrogen and oxygen atoms in total. The molecule has 1 amide bonds. The van der Waals surface area contributed by atoms with Crippen molar-refractivity contribution < 1.29 is 14.3 Å². The summed E-state index contributed by atoms with van der Waals surface area (Å²) >= 11 is 7.38. The highest BCUT2D eigenvalue weighted by Crippen LogP contribution is 2.32. The van der Waals surface area contributed by atoms with Crippen LogP contribution in [0.2, 0.25) is 5.02 Å². The lowest BCUT2D eigenvalue weighted by Gasteiger charge is -2.25. The SMILES string of the molecule is CCOc1ccc([C@@H]2C(C(=O)Nc3ccccc3)=C(C)N=c3s/c(=C\c4ccc(OCc5cccc(Cl)c5)cc4)c(=O)n32)cc1. The number of benzene rings is 4. The van der Waals surface area contributed by atoms with E-state index in [1.165, 1.54) is 11.3 Å². The summed E-state index contributed by atoms with van der Waals surface area (Å²) < 4.78 is 13.7. The lowest BCUT2D eigenvalue weighted by Crippen LogP contribution is -2.40. The zero-order chi connectivity index (χ0) is 31.3. The van der Waals surface area contributed by atoms with Gasteiger partial charge in [-0.15, -0.1) is 0 Å². The summed E-state index contributed by atoms with van der Waals surface area (Å²) in [6.07, 6.45) is 1.84. The van der Waals surface area contributed by atoms with Crippen LogP contribution in [0.5, 0.6) is 11.5 Å². The summed E-state index contributed by atoms with van der Waals surface area (Å²) in [6, 6.07) is 31.1. The summed E-state index contributed by atoms with van der Waals surface area (Å²) in [5.41, 5.74) is 3.98. The van der Waals surface area contributed by atoms with Gasteiger partial charge in [0, 0.05) is 10.7 Å². The maximum absolute atomic E-state index is 14.0. The van der Waals surface area contributed by atoms with Gasteiger partial charge in [0.1, 0.15) is 18.1 Å². The molecule has 0 bridgehead atoms. The second-order valence-corrected chi connectivity index (χ2v) is 11.8. The number of anilines is 1. The quantitative estimate of drug-likeness (QED) is 0.200. The van der Waals surface area contributed by atoms with E-state index in [9.17, 15) is 9.59 Å². The third-order valence-electron chi connectivity index (χ3n) is 7.28. The average molecular weight is 636 g/mol. The number of nitrogens with one attached hydrogen (secondary N) is 1. The molecule has 0 unspecified atom stereocenters. The molecule has 1 aliphatic rings. The molecule has 0 fully saturated rings. The number of carbonyl (C=O) groups is 1. The van der Waals surface area contributed by atoms with Crippen LogP contribution in [0.4, 0.5) is 5.69 Å². The van der Waals surface area contributed by atoms with Crippen LogP contribution in [0, 0.1) is 0 Å². The highest BCUT2D eigenvalue weighted by Gasteiger charge is 2.32. The third-order valence-corrected chi connectivity index (χ3v) is 8.50. The van der Waals surface area contributed by atoms with Gasteiger partial charge in [-0.3, -0.25) is 14.2 Å². The molecule has 5 aromatic rings. The highest BCUT2D eigenvalue weighted by molar-refractivity contribution is 7.07. The molecule has 0 radical (unpaired) electrons. The Bertz CT molecular complexity index is 2050. The molecule has 1 aliphatic heterocycles. The van der Waals surface area contributed by atoms with Crippen molar-refractivity contribution in [1.82, 2.24) is 4.57 Å². The van der Waals surface area contributed by atoms with Gasteiger partial charge in [0.25, 0.3) is 11.5 Å². The monoisotopic (exact) mass is 635 g/mol. The van der Waals surface area contributed by atoms with Crippen molar-refractivity contribution in [3.05, 3.63) is 156 Å². The third kappa shape index (κ3) is 6.77. The number of ether oxygens (including phenoxy) is 2. The predicted molar refractivity (Wildman–Crippen MR) is 179 cm³/mol.